The number of hydrogen-bond donors (Lipinski definition) is 0. The van der Waals surface area contributed by atoms with Crippen LogP contribution in [0.3, 0.4) is 0 Å². The van der Waals surface area contributed by atoms with Gasteiger partial charge in [0.1, 0.15) is 5.69 Å². The molecule has 0 aliphatic carbocycles. The van der Waals surface area contributed by atoms with Crippen LogP contribution in [0.25, 0.3) is 0 Å². The smallest absolute Gasteiger partial charge is 0.178 e. The lowest BCUT2D eigenvalue weighted by Gasteiger charge is -2.17. The summed E-state index contributed by atoms with van der Waals surface area (Å²) in [5.74, 6) is 0.0195. The third kappa shape index (κ3) is 4.24. The van der Waals surface area contributed by atoms with Gasteiger partial charge < -0.3 is 0 Å². The molecule has 1 rings (SSSR count). The highest BCUT2D eigenvalue weighted by Crippen LogP contribution is 2.19. The van der Waals surface area contributed by atoms with Crippen LogP contribution in [0.2, 0.25) is 0 Å². The number of Topliss-reactive ketones (excluding diaryl/α,β-unsaturated/α-hetero) is 1. The van der Waals surface area contributed by atoms with Crippen LogP contribution in [-0.4, -0.2) is 10.8 Å². The van der Waals surface area contributed by atoms with Crippen molar-refractivity contribution in [3.63, 3.8) is 0 Å². The second-order valence-corrected chi connectivity index (χ2v) is 4.21. The van der Waals surface area contributed by atoms with Crippen molar-refractivity contribution in [1.29, 1.82) is 0 Å². The largest absolute Gasteiger partial charge is 0.293 e. The minimum atomic E-state index is 0.00542. The van der Waals surface area contributed by atoms with Crippen molar-refractivity contribution in [3.05, 3.63) is 29.6 Å². The molecule has 0 aromatic carbocycles. The summed E-state index contributed by atoms with van der Waals surface area (Å²) in [4.78, 5) is 15.4. The van der Waals surface area contributed by atoms with Gasteiger partial charge in [-0.15, -0.1) is 0 Å². The molecule has 1 heterocycles. The lowest BCUT2D eigenvalue weighted by molar-refractivity contribution is 0.101. The Morgan fingerprint density at radius 2 is 1.73 bits per heavy atom. The van der Waals surface area contributed by atoms with Gasteiger partial charge in [0.25, 0.3) is 0 Å². The van der Waals surface area contributed by atoms with E-state index >= 15 is 0 Å². The molecule has 0 amide bonds. The number of carbonyl (C=O) groups is 1. The highest BCUT2D eigenvalue weighted by atomic mass is 16.1. The van der Waals surface area contributed by atoms with Gasteiger partial charge in [-0.3, -0.25) is 4.79 Å². The predicted octanol–water partition coefficient (Wildman–Crippen LogP) is 3.61. The van der Waals surface area contributed by atoms with Crippen LogP contribution in [0, 0.1) is 0 Å². The molecule has 2 heteroatoms. The zero-order chi connectivity index (χ0) is 12.1. The van der Waals surface area contributed by atoms with Gasteiger partial charge in [0.15, 0.2) is 5.78 Å². The lowest BCUT2D eigenvalue weighted by atomic mass is 9.91. The van der Waals surface area contributed by atoms with E-state index in [-0.39, 0.29) is 11.2 Å². The molecule has 0 atom stereocenters. The van der Waals surface area contributed by atoms with Crippen molar-refractivity contribution in [2.24, 2.45) is 0 Å². The summed E-state index contributed by atoms with van der Waals surface area (Å²) >= 11 is 0. The normalized spacial score (nSPS) is 10.3. The van der Waals surface area contributed by atoms with Gasteiger partial charge in [-0.1, -0.05) is 40.7 Å². The first-order chi connectivity index (χ1) is 6.91. The molecule has 1 aromatic heterocycles. The first-order valence-electron chi connectivity index (χ1n) is 5.40. The molecule has 84 valence electrons. The first kappa shape index (κ1) is 13.8. The summed E-state index contributed by atoms with van der Waals surface area (Å²) in [5, 5.41) is 0. The average Bonchev–Trinajstić information content (AvgIpc) is 2.20. The van der Waals surface area contributed by atoms with Crippen molar-refractivity contribution < 1.29 is 4.79 Å². The minimum Gasteiger partial charge on any atom is -0.293 e. The summed E-state index contributed by atoms with van der Waals surface area (Å²) in [7, 11) is 0. The molecule has 0 fully saturated rings. The second kappa shape index (κ2) is 5.64. The highest BCUT2D eigenvalue weighted by Gasteiger charge is 2.15. The van der Waals surface area contributed by atoms with Crippen molar-refractivity contribution in [2.75, 3.05) is 0 Å². The Balaban J connectivity index is 0.000000921. The van der Waals surface area contributed by atoms with Gasteiger partial charge in [-0.2, -0.15) is 0 Å². The summed E-state index contributed by atoms with van der Waals surface area (Å²) in [6, 6.07) is 5.58. The topological polar surface area (TPSA) is 30.0 Å². The Morgan fingerprint density at radius 1 is 1.20 bits per heavy atom. The highest BCUT2D eigenvalue weighted by molar-refractivity contribution is 5.92. The van der Waals surface area contributed by atoms with E-state index in [1.165, 1.54) is 6.92 Å². The van der Waals surface area contributed by atoms with Crippen molar-refractivity contribution >= 4 is 5.78 Å². The SMILES string of the molecule is CC.CC(=O)c1cccc(C(C)(C)C)n1. The number of aromatic nitrogens is 1. The molecule has 0 saturated heterocycles. The second-order valence-electron chi connectivity index (χ2n) is 4.21. The standard InChI is InChI=1S/C11H15NO.C2H6/c1-8(13)9-6-5-7-10(12-9)11(2,3)4;1-2/h5-7H,1-4H3;1-2H3. The molecule has 0 bridgehead atoms. The van der Waals surface area contributed by atoms with Crippen molar-refractivity contribution in [3.8, 4) is 0 Å². The summed E-state index contributed by atoms with van der Waals surface area (Å²) < 4.78 is 0. The van der Waals surface area contributed by atoms with Crippen LogP contribution in [0.4, 0.5) is 0 Å². The predicted molar refractivity (Wildman–Crippen MR) is 64.3 cm³/mol. The molecule has 0 N–H and O–H groups in total. The van der Waals surface area contributed by atoms with Crippen LogP contribution in [-0.2, 0) is 5.41 Å². The zero-order valence-corrected chi connectivity index (χ0v) is 10.6. The minimum absolute atomic E-state index is 0.00542. The molecular weight excluding hydrogens is 186 g/mol. The molecule has 0 saturated carbocycles. The fourth-order valence-corrected chi connectivity index (χ4v) is 1.05. The molecule has 0 aliphatic heterocycles. The third-order valence-electron chi connectivity index (χ3n) is 1.88. The summed E-state index contributed by atoms with van der Waals surface area (Å²) in [5.41, 5.74) is 1.51. The Kier molecular flexibility index (Phi) is 5.20. The maximum Gasteiger partial charge on any atom is 0.178 e. The van der Waals surface area contributed by atoms with Gasteiger partial charge in [0.2, 0.25) is 0 Å². The monoisotopic (exact) mass is 207 g/mol. The zero-order valence-electron chi connectivity index (χ0n) is 10.6. The van der Waals surface area contributed by atoms with E-state index in [1.807, 2.05) is 26.0 Å². The number of hydrogen-bond acceptors (Lipinski definition) is 2. The van der Waals surface area contributed by atoms with E-state index in [4.69, 9.17) is 0 Å². The maximum absolute atomic E-state index is 11.1. The molecule has 0 aliphatic rings. The molecule has 2 nitrogen and oxygen atoms in total. The van der Waals surface area contributed by atoms with E-state index in [2.05, 4.69) is 25.8 Å². The fraction of sp³-hybridized carbons (Fsp3) is 0.538. The van der Waals surface area contributed by atoms with Crippen LogP contribution in [0.15, 0.2) is 18.2 Å². The van der Waals surface area contributed by atoms with E-state index < -0.39 is 0 Å². The van der Waals surface area contributed by atoms with Crippen molar-refractivity contribution in [2.45, 2.75) is 47.0 Å². The Hall–Kier alpha value is -1.18. The van der Waals surface area contributed by atoms with Crippen LogP contribution in [0.5, 0.6) is 0 Å². The Bertz CT molecular complexity index is 324. The number of carbonyl (C=O) groups excluding carboxylic acids is 1. The molecular formula is C13H21NO. The third-order valence-corrected chi connectivity index (χ3v) is 1.88. The van der Waals surface area contributed by atoms with Crippen LogP contribution >= 0.6 is 0 Å². The lowest BCUT2D eigenvalue weighted by Crippen LogP contribution is -2.15. The van der Waals surface area contributed by atoms with E-state index in [1.54, 1.807) is 6.07 Å². The molecule has 0 radical (unpaired) electrons. The van der Waals surface area contributed by atoms with E-state index in [0.717, 1.165) is 5.69 Å². The molecule has 0 spiro atoms. The summed E-state index contributed by atoms with van der Waals surface area (Å²) in [6.07, 6.45) is 0. The number of pyridine rings is 1. The molecule has 1 aromatic rings. The Labute approximate surface area is 92.7 Å². The first-order valence-corrected chi connectivity index (χ1v) is 5.40. The summed E-state index contributed by atoms with van der Waals surface area (Å²) in [6.45, 7) is 11.8. The fourth-order valence-electron chi connectivity index (χ4n) is 1.05. The number of nitrogens with zero attached hydrogens (tertiary/aromatic N) is 1. The van der Waals surface area contributed by atoms with Gasteiger partial charge in [-0.25, -0.2) is 4.98 Å². The van der Waals surface area contributed by atoms with Gasteiger partial charge >= 0.3 is 0 Å². The number of ketones is 1. The maximum atomic E-state index is 11.1. The van der Waals surface area contributed by atoms with Crippen LogP contribution in [0.1, 0.15) is 57.7 Å². The van der Waals surface area contributed by atoms with Gasteiger partial charge in [0, 0.05) is 18.0 Å². The Morgan fingerprint density at radius 3 is 2.13 bits per heavy atom. The van der Waals surface area contributed by atoms with Gasteiger partial charge in [0.05, 0.1) is 0 Å². The molecule has 0 unspecified atom stereocenters. The van der Waals surface area contributed by atoms with Crippen LogP contribution < -0.4 is 0 Å². The molecule has 15 heavy (non-hydrogen) atoms. The average molecular weight is 207 g/mol. The van der Waals surface area contributed by atoms with Gasteiger partial charge in [-0.05, 0) is 12.1 Å². The van der Waals surface area contributed by atoms with Crippen molar-refractivity contribution in [1.82, 2.24) is 4.98 Å². The number of rotatable bonds is 1. The van der Waals surface area contributed by atoms with E-state index in [0.29, 0.717) is 5.69 Å². The quantitative estimate of drug-likeness (QED) is 0.658. The van der Waals surface area contributed by atoms with E-state index in [9.17, 15) is 4.79 Å².